The summed E-state index contributed by atoms with van der Waals surface area (Å²) in [5.74, 6) is -0.545. The first-order chi connectivity index (χ1) is 21.0. The quantitative estimate of drug-likeness (QED) is 0.124. The van der Waals surface area contributed by atoms with E-state index in [2.05, 4.69) is 30.5 Å². The highest BCUT2D eigenvalue weighted by molar-refractivity contribution is 7.03. The molecule has 13 nitrogen and oxygen atoms in total. The Bertz CT molecular complexity index is 1710. The van der Waals surface area contributed by atoms with Crippen molar-refractivity contribution in [3.05, 3.63) is 111 Å². The van der Waals surface area contributed by atoms with E-state index in [0.29, 0.717) is 17.1 Å². The van der Waals surface area contributed by atoms with Crippen LogP contribution < -0.4 is 16.0 Å². The van der Waals surface area contributed by atoms with E-state index in [-0.39, 0.29) is 29.7 Å². The molecular formula is C30H29N7O6S. The molecule has 0 radical (unpaired) electrons. The number of aromatic nitrogens is 3. The number of nitro benzene ring substituents is 1. The lowest BCUT2D eigenvalue weighted by molar-refractivity contribution is -0.384. The third-order valence-corrected chi connectivity index (χ3v) is 6.26. The molecule has 0 spiro atoms. The van der Waals surface area contributed by atoms with Gasteiger partial charge in [-0.15, -0.1) is 5.10 Å². The second-order valence-electron chi connectivity index (χ2n) is 10.3. The molecule has 0 saturated carbocycles. The summed E-state index contributed by atoms with van der Waals surface area (Å²) in [5.41, 5.74) is 3.12. The van der Waals surface area contributed by atoms with Gasteiger partial charge in [0, 0.05) is 46.3 Å². The van der Waals surface area contributed by atoms with Gasteiger partial charge in [-0.1, -0.05) is 34.8 Å². The van der Waals surface area contributed by atoms with Crippen LogP contribution in [-0.2, 0) is 11.3 Å². The molecule has 0 saturated heterocycles. The normalized spacial score (nSPS) is 10.7. The molecule has 0 aliphatic carbocycles. The lowest BCUT2D eigenvalue weighted by atomic mass is 10.2. The number of anilines is 2. The highest BCUT2D eigenvalue weighted by atomic mass is 32.1. The van der Waals surface area contributed by atoms with Crippen molar-refractivity contribution >= 4 is 57.4 Å². The predicted octanol–water partition coefficient (Wildman–Crippen LogP) is 6.14. The number of para-hydroxylation sites is 1. The topological polar surface area (TPSA) is 181 Å². The van der Waals surface area contributed by atoms with Crippen LogP contribution in [0.25, 0.3) is 10.9 Å². The van der Waals surface area contributed by atoms with Gasteiger partial charge in [-0.2, -0.15) is 0 Å². The second kappa shape index (κ2) is 14.0. The fraction of sp³-hybridized carbons (Fsp3) is 0.167. The summed E-state index contributed by atoms with van der Waals surface area (Å²) < 4.78 is 8.78. The zero-order valence-electron chi connectivity index (χ0n) is 24.0. The minimum Gasteiger partial charge on any atom is -0.444 e. The summed E-state index contributed by atoms with van der Waals surface area (Å²) in [5, 5.41) is 24.7. The van der Waals surface area contributed by atoms with Crippen LogP contribution in [-0.4, -0.2) is 43.0 Å². The first-order valence-electron chi connectivity index (χ1n) is 13.2. The highest BCUT2D eigenvalue weighted by Crippen LogP contribution is 2.19. The van der Waals surface area contributed by atoms with Crippen molar-refractivity contribution in [2.75, 3.05) is 10.6 Å². The summed E-state index contributed by atoms with van der Waals surface area (Å²) in [7, 11) is 0. The third kappa shape index (κ3) is 9.19. The van der Waals surface area contributed by atoms with E-state index in [1.54, 1.807) is 62.5 Å². The van der Waals surface area contributed by atoms with Gasteiger partial charge in [-0.25, -0.2) is 4.79 Å². The minimum absolute atomic E-state index is 0.0220. The van der Waals surface area contributed by atoms with Crippen molar-refractivity contribution in [2.45, 2.75) is 32.9 Å². The molecule has 2 heterocycles. The molecule has 226 valence electrons. The SMILES string of the molecule is CC(C)(C)OC(=O)Nc1ccc(NC(=O)c2cc3ccccc3[nH]2)cc1.O=C(NCc1ccc([N+](=O)[O-])cc1)c1csnn1. The van der Waals surface area contributed by atoms with E-state index in [9.17, 15) is 24.5 Å². The molecule has 0 atom stereocenters. The zero-order chi connectivity index (χ0) is 31.7. The van der Waals surface area contributed by atoms with E-state index < -0.39 is 16.6 Å². The number of nitro groups is 1. The monoisotopic (exact) mass is 615 g/mol. The van der Waals surface area contributed by atoms with Gasteiger partial charge >= 0.3 is 6.09 Å². The number of ether oxygens (including phenoxy) is 1. The number of aromatic amines is 1. The number of carbonyl (C=O) groups excluding carboxylic acids is 3. The lowest BCUT2D eigenvalue weighted by Gasteiger charge is -2.19. The van der Waals surface area contributed by atoms with Gasteiger partial charge in [0.2, 0.25) is 0 Å². The largest absolute Gasteiger partial charge is 0.444 e. The van der Waals surface area contributed by atoms with Crippen LogP contribution in [0.1, 0.15) is 47.3 Å². The third-order valence-electron chi connectivity index (χ3n) is 5.76. The van der Waals surface area contributed by atoms with Crippen LogP contribution in [0.5, 0.6) is 0 Å². The summed E-state index contributed by atoms with van der Waals surface area (Å²) in [6.45, 7) is 5.69. The molecular weight excluding hydrogens is 586 g/mol. The van der Waals surface area contributed by atoms with E-state index >= 15 is 0 Å². The Morgan fingerprint density at radius 3 is 2.18 bits per heavy atom. The van der Waals surface area contributed by atoms with Crippen molar-refractivity contribution in [3.63, 3.8) is 0 Å². The Kier molecular flexibility index (Phi) is 9.98. The Morgan fingerprint density at radius 1 is 0.932 bits per heavy atom. The number of nitrogens with one attached hydrogen (secondary N) is 4. The van der Waals surface area contributed by atoms with Crippen molar-refractivity contribution in [2.24, 2.45) is 0 Å². The first kappa shape index (κ1) is 31.3. The Morgan fingerprint density at radius 2 is 1.59 bits per heavy atom. The summed E-state index contributed by atoms with van der Waals surface area (Å²) in [6.07, 6.45) is -0.521. The molecule has 5 rings (SSSR count). The summed E-state index contributed by atoms with van der Waals surface area (Å²) in [4.78, 5) is 48.7. The van der Waals surface area contributed by atoms with E-state index in [1.165, 1.54) is 12.1 Å². The van der Waals surface area contributed by atoms with Crippen molar-refractivity contribution in [1.82, 2.24) is 19.9 Å². The number of hydrogen-bond acceptors (Lipinski definition) is 9. The van der Waals surface area contributed by atoms with Crippen LogP contribution in [0.2, 0.25) is 0 Å². The number of carbonyl (C=O) groups is 3. The average Bonchev–Trinajstić information content (AvgIpc) is 3.67. The average molecular weight is 616 g/mol. The zero-order valence-corrected chi connectivity index (χ0v) is 24.8. The minimum atomic E-state index is -0.558. The van der Waals surface area contributed by atoms with Crippen LogP contribution in [0.15, 0.2) is 84.2 Å². The van der Waals surface area contributed by atoms with Crippen molar-refractivity contribution < 1.29 is 24.0 Å². The Labute approximate surface area is 256 Å². The predicted molar refractivity (Wildman–Crippen MR) is 167 cm³/mol. The smallest absolute Gasteiger partial charge is 0.412 e. The number of H-pyrrole nitrogens is 1. The van der Waals surface area contributed by atoms with Crippen molar-refractivity contribution in [3.8, 4) is 0 Å². The number of hydrogen-bond donors (Lipinski definition) is 4. The number of nitrogens with zero attached hydrogens (tertiary/aromatic N) is 3. The molecule has 0 unspecified atom stereocenters. The van der Waals surface area contributed by atoms with Gasteiger partial charge in [-0.05, 0) is 74.3 Å². The standard InChI is InChI=1S/C20H21N3O3.C10H8N4O3S/c1-20(2,3)26-19(25)22-15-10-8-14(9-11-15)21-18(24)17-12-13-6-4-5-7-16(13)23-17;15-10(9-6-18-13-12-9)11-5-7-1-3-8(4-2-7)14(16)17/h4-12,23H,1-3H3,(H,21,24)(H,22,25);1-4,6H,5H2,(H,11,15). The maximum atomic E-state index is 12.4. The van der Waals surface area contributed by atoms with Gasteiger partial charge in [0.1, 0.15) is 11.3 Å². The highest BCUT2D eigenvalue weighted by Gasteiger charge is 2.16. The molecule has 0 aliphatic rings. The molecule has 3 amide bonds. The van der Waals surface area contributed by atoms with Gasteiger partial charge in [0.25, 0.3) is 17.5 Å². The molecule has 0 aliphatic heterocycles. The van der Waals surface area contributed by atoms with Crippen molar-refractivity contribution in [1.29, 1.82) is 0 Å². The molecule has 2 aromatic heterocycles. The molecule has 0 fully saturated rings. The Balaban J connectivity index is 0.000000215. The van der Waals surface area contributed by atoms with Gasteiger partial charge < -0.3 is 20.4 Å². The molecule has 44 heavy (non-hydrogen) atoms. The fourth-order valence-corrected chi connectivity index (χ4v) is 4.16. The maximum Gasteiger partial charge on any atom is 0.412 e. The first-order valence-corrected chi connectivity index (χ1v) is 14.1. The van der Waals surface area contributed by atoms with E-state index in [1.807, 2.05) is 30.3 Å². The van der Waals surface area contributed by atoms with E-state index in [4.69, 9.17) is 4.74 Å². The summed E-state index contributed by atoms with van der Waals surface area (Å²) >= 11 is 1.10. The summed E-state index contributed by atoms with van der Waals surface area (Å²) in [6, 6.07) is 22.3. The number of fused-ring (bicyclic) bond motifs is 1. The number of amides is 3. The van der Waals surface area contributed by atoms with Gasteiger partial charge in [0.15, 0.2) is 5.69 Å². The molecule has 14 heteroatoms. The van der Waals surface area contributed by atoms with E-state index in [0.717, 1.165) is 28.0 Å². The number of non-ortho nitro benzene ring substituents is 1. The van der Waals surface area contributed by atoms with Gasteiger partial charge in [-0.3, -0.25) is 25.0 Å². The molecule has 0 bridgehead atoms. The van der Waals surface area contributed by atoms with Crippen LogP contribution >= 0.6 is 11.5 Å². The maximum absolute atomic E-state index is 12.4. The molecule has 4 N–H and O–H groups in total. The lowest BCUT2D eigenvalue weighted by Crippen LogP contribution is -2.27. The number of benzene rings is 3. The van der Waals surface area contributed by atoms with Crippen LogP contribution in [0.3, 0.4) is 0 Å². The Hall–Kier alpha value is -5.63. The van der Waals surface area contributed by atoms with Crippen LogP contribution in [0, 0.1) is 10.1 Å². The fourth-order valence-electron chi connectivity index (χ4n) is 3.72. The van der Waals surface area contributed by atoms with Crippen LogP contribution in [0.4, 0.5) is 21.9 Å². The number of rotatable bonds is 7. The second-order valence-corrected chi connectivity index (χ2v) is 10.9. The molecule has 5 aromatic rings. The van der Waals surface area contributed by atoms with Gasteiger partial charge in [0.05, 0.1) is 4.92 Å². The molecule has 3 aromatic carbocycles.